The summed E-state index contributed by atoms with van der Waals surface area (Å²) in [6.45, 7) is 1.81. The van der Waals surface area contributed by atoms with Crippen LogP contribution in [0.2, 0.25) is 0 Å². The molecule has 1 aromatic rings. The predicted octanol–water partition coefficient (Wildman–Crippen LogP) is 1.28. The van der Waals surface area contributed by atoms with Crippen LogP contribution >= 0.6 is 0 Å². The topological polar surface area (TPSA) is 50.8 Å². The molecule has 0 unspecified atom stereocenters. The number of halogens is 2. The molecule has 5 nitrogen and oxygen atoms in total. The summed E-state index contributed by atoms with van der Waals surface area (Å²) in [7, 11) is 0. The summed E-state index contributed by atoms with van der Waals surface area (Å²) < 4.78 is 33.6. The van der Waals surface area contributed by atoms with Crippen molar-refractivity contribution in [3.05, 3.63) is 29.8 Å². The number of ether oxygens (including phenoxy) is 2. The highest BCUT2D eigenvalue weighted by molar-refractivity contribution is 5.78. The van der Waals surface area contributed by atoms with Gasteiger partial charge in [0.15, 0.2) is 0 Å². The molecule has 2 rings (SSSR count). The minimum atomic E-state index is -2.84. The van der Waals surface area contributed by atoms with E-state index < -0.39 is 6.61 Å². The van der Waals surface area contributed by atoms with Crippen molar-refractivity contribution in [2.24, 2.45) is 0 Å². The van der Waals surface area contributed by atoms with E-state index in [9.17, 15) is 13.6 Å². The monoisotopic (exact) mass is 314 g/mol. The molecule has 0 aromatic heterocycles. The summed E-state index contributed by atoms with van der Waals surface area (Å²) in [4.78, 5) is 14.0. The van der Waals surface area contributed by atoms with Crippen LogP contribution in [0, 0.1) is 0 Å². The van der Waals surface area contributed by atoms with Crippen molar-refractivity contribution in [1.82, 2.24) is 10.2 Å². The van der Waals surface area contributed by atoms with Gasteiger partial charge in [-0.1, -0.05) is 12.1 Å². The first kappa shape index (κ1) is 16.6. The number of alkyl halides is 2. The first-order chi connectivity index (χ1) is 10.6. The fourth-order valence-electron chi connectivity index (χ4n) is 2.21. The average Bonchev–Trinajstić information content (AvgIpc) is 2.50. The number of amides is 1. The van der Waals surface area contributed by atoms with Gasteiger partial charge in [0, 0.05) is 26.2 Å². The van der Waals surface area contributed by atoms with E-state index in [2.05, 4.69) is 15.0 Å². The Balaban J connectivity index is 1.67. The van der Waals surface area contributed by atoms with Crippen LogP contribution in [-0.2, 0) is 16.0 Å². The molecule has 1 amide bonds. The lowest BCUT2D eigenvalue weighted by Crippen LogP contribution is -2.41. The average molecular weight is 314 g/mol. The molecule has 1 aliphatic rings. The minimum absolute atomic E-state index is 0.0872. The van der Waals surface area contributed by atoms with Crippen LogP contribution in [0.1, 0.15) is 5.56 Å². The largest absolute Gasteiger partial charge is 0.435 e. The first-order valence-corrected chi connectivity index (χ1v) is 7.24. The van der Waals surface area contributed by atoms with Crippen molar-refractivity contribution in [2.75, 3.05) is 39.4 Å². The Kier molecular flexibility index (Phi) is 6.54. The zero-order valence-electron chi connectivity index (χ0n) is 12.3. The quantitative estimate of drug-likeness (QED) is 0.824. The van der Waals surface area contributed by atoms with Gasteiger partial charge in [-0.25, -0.2) is 0 Å². The molecule has 1 fully saturated rings. The van der Waals surface area contributed by atoms with E-state index in [1.165, 1.54) is 12.1 Å². The SMILES string of the molecule is O=C(Cc1ccc(OC(F)F)cc1)NCCN1CCOCC1. The second-order valence-electron chi connectivity index (χ2n) is 5.00. The molecule has 1 N–H and O–H groups in total. The Bertz CT molecular complexity index is 462. The van der Waals surface area contributed by atoms with Gasteiger partial charge in [-0.05, 0) is 17.7 Å². The number of benzene rings is 1. The summed E-state index contributed by atoms with van der Waals surface area (Å²) in [6.07, 6.45) is 0.220. The van der Waals surface area contributed by atoms with E-state index in [1.807, 2.05) is 0 Å². The van der Waals surface area contributed by atoms with Gasteiger partial charge in [-0.2, -0.15) is 8.78 Å². The third kappa shape index (κ3) is 5.95. The van der Waals surface area contributed by atoms with Crippen LogP contribution in [-0.4, -0.2) is 56.8 Å². The first-order valence-electron chi connectivity index (χ1n) is 7.24. The van der Waals surface area contributed by atoms with Crippen LogP contribution in [0.4, 0.5) is 8.78 Å². The molecule has 1 aromatic carbocycles. The van der Waals surface area contributed by atoms with Crippen molar-refractivity contribution >= 4 is 5.91 Å². The van der Waals surface area contributed by atoms with Crippen molar-refractivity contribution in [3.8, 4) is 5.75 Å². The Morgan fingerprint density at radius 1 is 1.27 bits per heavy atom. The molecule has 1 heterocycles. The van der Waals surface area contributed by atoms with E-state index in [4.69, 9.17) is 4.74 Å². The molecule has 0 bridgehead atoms. The third-order valence-corrected chi connectivity index (χ3v) is 3.37. The highest BCUT2D eigenvalue weighted by Gasteiger charge is 2.10. The van der Waals surface area contributed by atoms with Crippen LogP contribution in [0.25, 0.3) is 0 Å². The molecule has 1 saturated heterocycles. The van der Waals surface area contributed by atoms with E-state index in [0.717, 1.165) is 38.4 Å². The van der Waals surface area contributed by atoms with E-state index in [-0.39, 0.29) is 18.1 Å². The molecule has 122 valence electrons. The fourth-order valence-corrected chi connectivity index (χ4v) is 2.21. The van der Waals surface area contributed by atoms with Crippen LogP contribution in [0.15, 0.2) is 24.3 Å². The predicted molar refractivity (Wildman–Crippen MR) is 77.0 cm³/mol. The molecule has 0 atom stereocenters. The number of hydrogen-bond donors (Lipinski definition) is 1. The van der Waals surface area contributed by atoms with E-state index in [0.29, 0.717) is 6.54 Å². The van der Waals surface area contributed by atoms with Gasteiger partial charge >= 0.3 is 6.61 Å². The maximum atomic E-state index is 12.0. The van der Waals surface area contributed by atoms with Crippen LogP contribution in [0.3, 0.4) is 0 Å². The van der Waals surface area contributed by atoms with Gasteiger partial charge in [-0.15, -0.1) is 0 Å². The van der Waals surface area contributed by atoms with Crippen LogP contribution in [0.5, 0.6) is 5.75 Å². The lowest BCUT2D eigenvalue weighted by Gasteiger charge is -2.26. The van der Waals surface area contributed by atoms with Gasteiger partial charge in [0.1, 0.15) is 5.75 Å². The summed E-state index contributed by atoms with van der Waals surface area (Å²) in [5, 5.41) is 2.85. The summed E-state index contributed by atoms with van der Waals surface area (Å²) >= 11 is 0. The van der Waals surface area contributed by atoms with E-state index in [1.54, 1.807) is 12.1 Å². The van der Waals surface area contributed by atoms with E-state index >= 15 is 0 Å². The normalized spacial score (nSPS) is 15.8. The summed E-state index contributed by atoms with van der Waals surface area (Å²) in [6, 6.07) is 6.09. The smallest absolute Gasteiger partial charge is 0.387 e. The van der Waals surface area contributed by atoms with Gasteiger partial charge in [0.05, 0.1) is 19.6 Å². The number of nitrogens with one attached hydrogen (secondary N) is 1. The van der Waals surface area contributed by atoms with Gasteiger partial charge in [-0.3, -0.25) is 9.69 Å². The van der Waals surface area contributed by atoms with Crippen LogP contribution < -0.4 is 10.1 Å². The number of morpholine rings is 1. The Hall–Kier alpha value is -1.73. The Morgan fingerprint density at radius 2 is 1.95 bits per heavy atom. The molecular formula is C15H20F2N2O3. The molecule has 0 saturated carbocycles. The molecule has 0 aliphatic carbocycles. The second-order valence-corrected chi connectivity index (χ2v) is 5.00. The highest BCUT2D eigenvalue weighted by atomic mass is 19.3. The highest BCUT2D eigenvalue weighted by Crippen LogP contribution is 2.15. The molecular weight excluding hydrogens is 294 g/mol. The number of nitrogens with zero attached hydrogens (tertiary/aromatic N) is 1. The molecule has 7 heteroatoms. The molecule has 0 spiro atoms. The maximum Gasteiger partial charge on any atom is 0.387 e. The zero-order chi connectivity index (χ0) is 15.8. The third-order valence-electron chi connectivity index (χ3n) is 3.37. The second kappa shape index (κ2) is 8.65. The van der Waals surface area contributed by atoms with Gasteiger partial charge < -0.3 is 14.8 Å². The fraction of sp³-hybridized carbons (Fsp3) is 0.533. The van der Waals surface area contributed by atoms with Gasteiger partial charge in [0.2, 0.25) is 5.91 Å². The summed E-state index contributed by atoms with van der Waals surface area (Å²) in [5.41, 5.74) is 0.755. The summed E-state index contributed by atoms with van der Waals surface area (Å²) in [5.74, 6) is 0.00210. The maximum absolute atomic E-state index is 12.0. The molecule has 22 heavy (non-hydrogen) atoms. The van der Waals surface area contributed by atoms with Crippen molar-refractivity contribution < 1.29 is 23.0 Å². The molecule has 1 aliphatic heterocycles. The van der Waals surface area contributed by atoms with Crippen molar-refractivity contribution in [3.63, 3.8) is 0 Å². The lowest BCUT2D eigenvalue weighted by molar-refractivity contribution is -0.120. The number of carbonyl (C=O) groups is 1. The minimum Gasteiger partial charge on any atom is -0.435 e. The van der Waals surface area contributed by atoms with Crippen molar-refractivity contribution in [1.29, 1.82) is 0 Å². The van der Waals surface area contributed by atoms with Crippen molar-refractivity contribution in [2.45, 2.75) is 13.0 Å². The lowest BCUT2D eigenvalue weighted by atomic mass is 10.1. The van der Waals surface area contributed by atoms with Gasteiger partial charge in [0.25, 0.3) is 0 Å². The number of hydrogen-bond acceptors (Lipinski definition) is 4. The number of carbonyl (C=O) groups excluding carboxylic acids is 1. The Morgan fingerprint density at radius 3 is 2.59 bits per heavy atom. The molecule has 0 radical (unpaired) electrons. The zero-order valence-corrected chi connectivity index (χ0v) is 12.3. The Labute approximate surface area is 128 Å². The standard InChI is InChI=1S/C15H20F2N2O3/c16-15(17)22-13-3-1-12(2-4-13)11-14(20)18-5-6-19-7-9-21-10-8-19/h1-4,15H,5-11H2,(H,18,20). The number of rotatable bonds is 7.